The number of ether oxygens (including phenoxy) is 1. The van der Waals surface area contributed by atoms with E-state index in [1.165, 1.54) is 57.2 Å². The molecule has 0 N–H and O–H groups in total. The monoisotopic (exact) mass is 875 g/mol. The van der Waals surface area contributed by atoms with E-state index in [9.17, 15) is 0 Å². The molecule has 59 heavy (non-hydrogen) atoms. The molecule has 0 amide bonds. The first-order valence-electron chi connectivity index (χ1n) is 20.6. The van der Waals surface area contributed by atoms with Crippen molar-refractivity contribution in [1.29, 1.82) is 0 Å². The topological polar surface area (TPSA) is 12.5 Å². The summed E-state index contributed by atoms with van der Waals surface area (Å²) in [7, 11) is 0. The molecule has 5 heteroatoms. The average Bonchev–Trinajstić information content (AvgIpc) is 3.32. The van der Waals surface area contributed by atoms with E-state index in [0.717, 1.165) is 22.9 Å². The summed E-state index contributed by atoms with van der Waals surface area (Å²) in [5.41, 5.74) is 7.72. The van der Waals surface area contributed by atoms with Crippen LogP contribution in [-0.2, 0) is 0 Å². The molecule has 0 spiro atoms. The Labute approximate surface area is 351 Å². The quantitative estimate of drug-likeness (QED) is 0.222. The molecule has 0 radical (unpaired) electrons. The molecule has 2 nitrogen and oxygen atoms in total. The Balaban J connectivity index is 1.34. The van der Waals surface area contributed by atoms with E-state index in [1.807, 2.05) is 0 Å². The normalized spacial score (nSPS) is 14.8. The first kappa shape index (κ1) is 34.7. The van der Waals surface area contributed by atoms with Gasteiger partial charge in [0.15, 0.2) is 0 Å². The number of hydrogen-bond acceptors (Lipinski definition) is 2. The van der Waals surface area contributed by atoms with Gasteiger partial charge in [-0.15, -0.1) is 0 Å². The predicted octanol–water partition coefficient (Wildman–Crippen LogP) is 5.16. The van der Waals surface area contributed by atoms with Crippen molar-refractivity contribution in [3.63, 3.8) is 0 Å². The van der Waals surface area contributed by atoms with Crippen LogP contribution >= 0.6 is 0 Å². The molecular formula is C54H38BGe2NO. The predicted molar refractivity (Wildman–Crippen MR) is 253 cm³/mol. The van der Waals surface area contributed by atoms with Crippen molar-refractivity contribution >= 4 is 102 Å². The summed E-state index contributed by atoms with van der Waals surface area (Å²) >= 11 is -7.72. The number of hydrogen-bond donors (Lipinski definition) is 0. The van der Waals surface area contributed by atoms with Crippen molar-refractivity contribution in [3.05, 3.63) is 231 Å². The van der Waals surface area contributed by atoms with E-state index in [1.54, 1.807) is 0 Å². The van der Waals surface area contributed by atoms with Crippen molar-refractivity contribution in [2.75, 3.05) is 4.90 Å². The average molecular weight is 873 g/mol. The van der Waals surface area contributed by atoms with Crippen LogP contribution in [0.15, 0.2) is 231 Å². The Morgan fingerprint density at radius 3 is 1.08 bits per heavy atom. The van der Waals surface area contributed by atoms with Crippen LogP contribution in [-0.4, -0.2) is 33.2 Å². The van der Waals surface area contributed by atoms with Gasteiger partial charge >= 0.3 is 354 Å². The van der Waals surface area contributed by atoms with Gasteiger partial charge in [0.25, 0.3) is 0 Å². The Bertz CT molecular complexity index is 2770. The molecule has 0 fully saturated rings. The maximum atomic E-state index is 6.66. The fraction of sp³-hybridized carbons (Fsp3) is 0. The first-order valence-corrected chi connectivity index (χ1v) is 28.9. The van der Waals surface area contributed by atoms with Crippen LogP contribution in [0.3, 0.4) is 0 Å². The van der Waals surface area contributed by atoms with Gasteiger partial charge in [-0.3, -0.25) is 0 Å². The Morgan fingerprint density at radius 2 is 0.678 bits per heavy atom. The van der Waals surface area contributed by atoms with Crippen LogP contribution in [0.5, 0.6) is 11.5 Å². The fourth-order valence-corrected chi connectivity index (χ4v) is 33.8. The summed E-state index contributed by atoms with van der Waals surface area (Å²) in [6.45, 7) is 0.0862. The van der Waals surface area contributed by atoms with Crippen LogP contribution in [0.25, 0.3) is 0 Å². The van der Waals surface area contributed by atoms with Crippen LogP contribution in [0.2, 0.25) is 0 Å². The molecule has 276 valence electrons. The zero-order valence-electron chi connectivity index (χ0n) is 32.4. The number of benzene rings is 9. The second-order valence-corrected chi connectivity index (χ2v) is 31.6. The minimum absolute atomic E-state index is 0.0862. The van der Waals surface area contributed by atoms with Gasteiger partial charge in [-0.05, 0) is 0 Å². The molecule has 0 bridgehead atoms. The molecule has 0 saturated heterocycles. The number of rotatable bonds is 5. The van der Waals surface area contributed by atoms with Gasteiger partial charge in [-0.25, -0.2) is 0 Å². The third-order valence-corrected chi connectivity index (χ3v) is 33.6. The SMILES string of the molecule is c1cc[c]([Ge]2([c]3ccccc3)[c]3ccccc3B3c4cccc[c]4[Ge]([c]4ccccc4)([c]4ccccc4)[c]4cc(N5c6ccccc6Oc6ccccc65)c[c]2c43)cc1. The minimum atomic E-state index is -3.86. The van der Waals surface area contributed by atoms with Gasteiger partial charge < -0.3 is 0 Å². The van der Waals surface area contributed by atoms with Gasteiger partial charge in [0.2, 0.25) is 0 Å². The molecular weight excluding hydrogens is 835 g/mol. The van der Waals surface area contributed by atoms with Gasteiger partial charge in [0, 0.05) is 0 Å². The molecule has 0 aliphatic carbocycles. The summed E-state index contributed by atoms with van der Waals surface area (Å²) in [5, 5.41) is 0. The molecule has 9 aromatic rings. The Kier molecular flexibility index (Phi) is 8.04. The standard InChI is InChI=1S/C54H38BGe2NO/c1-5-21-39(22-6-1)56(40-23-7-2-8-24-40)46-31-15-13-29-44(46)55-45-30-14-16-32-47(45)57(41-25-9-3-10-26-41,42-27-11-4-12-28-42)49-38-43(37-48(56)54(49)55)58-50-33-17-19-35-52(50)59-53-36-20-18-34-51(53)58/h1-38H. The van der Waals surface area contributed by atoms with E-state index < -0.39 is 26.5 Å². The zero-order valence-corrected chi connectivity index (χ0v) is 36.6. The van der Waals surface area contributed by atoms with Crippen molar-refractivity contribution in [2.45, 2.75) is 0 Å². The maximum absolute atomic E-state index is 6.66. The molecule has 3 aliphatic rings. The molecule has 0 saturated carbocycles. The van der Waals surface area contributed by atoms with E-state index in [0.29, 0.717) is 0 Å². The van der Waals surface area contributed by atoms with E-state index >= 15 is 0 Å². The molecule has 9 aromatic carbocycles. The van der Waals surface area contributed by atoms with Gasteiger partial charge in [0.05, 0.1) is 0 Å². The summed E-state index contributed by atoms with van der Waals surface area (Å²) < 4.78 is 18.5. The van der Waals surface area contributed by atoms with Gasteiger partial charge in [-0.2, -0.15) is 0 Å². The summed E-state index contributed by atoms with van der Waals surface area (Å²) in [6.07, 6.45) is 0. The summed E-state index contributed by atoms with van der Waals surface area (Å²) in [5.74, 6) is 1.73. The third-order valence-electron chi connectivity index (χ3n) is 13.1. The number of anilines is 3. The molecule has 3 heterocycles. The van der Waals surface area contributed by atoms with Crippen LogP contribution in [0, 0.1) is 0 Å². The zero-order chi connectivity index (χ0) is 39.0. The molecule has 0 aromatic heterocycles. The molecule has 3 aliphatic heterocycles. The second-order valence-electron chi connectivity index (χ2n) is 15.9. The number of para-hydroxylation sites is 4. The van der Waals surface area contributed by atoms with Crippen molar-refractivity contribution in [3.8, 4) is 11.5 Å². The van der Waals surface area contributed by atoms with Crippen molar-refractivity contribution < 1.29 is 4.74 Å². The number of fused-ring (bicyclic) bond motifs is 6. The molecule has 0 unspecified atom stereocenters. The van der Waals surface area contributed by atoms with Crippen molar-refractivity contribution in [1.82, 2.24) is 0 Å². The van der Waals surface area contributed by atoms with Crippen LogP contribution in [0.4, 0.5) is 17.1 Å². The summed E-state index contributed by atoms with van der Waals surface area (Å²) in [4.78, 5) is 2.49. The second kappa shape index (κ2) is 13.7. The van der Waals surface area contributed by atoms with E-state index in [4.69, 9.17) is 4.74 Å². The fourth-order valence-electron chi connectivity index (χ4n) is 11.0. The molecule has 12 rings (SSSR count). The van der Waals surface area contributed by atoms with Gasteiger partial charge in [0.1, 0.15) is 0 Å². The van der Waals surface area contributed by atoms with E-state index in [-0.39, 0.29) is 6.71 Å². The molecule has 0 atom stereocenters. The van der Waals surface area contributed by atoms with E-state index in [2.05, 4.69) is 235 Å². The Hall–Kier alpha value is -6.27. The number of nitrogens with zero attached hydrogens (tertiary/aromatic N) is 1. The third kappa shape index (κ3) is 4.89. The van der Waals surface area contributed by atoms with Crippen molar-refractivity contribution in [2.24, 2.45) is 0 Å². The summed E-state index contributed by atoms with van der Waals surface area (Å²) in [6, 6.07) is 87.7. The first-order chi connectivity index (χ1) is 29.3. The van der Waals surface area contributed by atoms with Crippen LogP contribution < -0.4 is 61.2 Å². The Morgan fingerprint density at radius 1 is 0.339 bits per heavy atom. The van der Waals surface area contributed by atoms with Crippen LogP contribution in [0.1, 0.15) is 0 Å². The van der Waals surface area contributed by atoms with Gasteiger partial charge in [-0.1, -0.05) is 0 Å².